The lowest BCUT2D eigenvalue weighted by Gasteiger charge is -2.09. The average molecular weight is 350 g/mol. The molecule has 3 aromatic rings. The Morgan fingerprint density at radius 3 is 2.23 bits per heavy atom. The Labute approximate surface area is 148 Å². The molecule has 0 aliphatic carbocycles. The van der Waals surface area contributed by atoms with Crippen molar-refractivity contribution in [3.05, 3.63) is 89.5 Å². The minimum absolute atomic E-state index is 0.346. The molecule has 0 fully saturated rings. The second-order valence-corrected chi connectivity index (χ2v) is 5.29. The molecule has 0 aromatic heterocycles. The van der Waals surface area contributed by atoms with Gasteiger partial charge in [0.15, 0.2) is 0 Å². The Hall–Kier alpha value is -3.72. The molecule has 3 rings (SSSR count). The van der Waals surface area contributed by atoms with Crippen molar-refractivity contribution in [3.63, 3.8) is 0 Å². The van der Waals surface area contributed by atoms with E-state index in [0.29, 0.717) is 22.7 Å². The SMILES string of the molecule is N#Cc1ccccc1Oc1ccc(NC(=O)c2c(F)cccc2F)cc1. The van der Waals surface area contributed by atoms with Crippen LogP contribution in [0, 0.1) is 23.0 Å². The second-order valence-electron chi connectivity index (χ2n) is 5.29. The lowest BCUT2D eigenvalue weighted by molar-refractivity contribution is 0.101. The predicted molar refractivity (Wildman–Crippen MR) is 92.0 cm³/mol. The van der Waals surface area contributed by atoms with E-state index in [4.69, 9.17) is 10.00 Å². The van der Waals surface area contributed by atoms with Crippen LogP contribution in [0.15, 0.2) is 66.7 Å². The molecule has 0 bridgehead atoms. The van der Waals surface area contributed by atoms with Crippen molar-refractivity contribution < 1.29 is 18.3 Å². The van der Waals surface area contributed by atoms with E-state index in [-0.39, 0.29) is 0 Å². The molecule has 0 radical (unpaired) electrons. The first-order chi connectivity index (χ1) is 12.6. The maximum Gasteiger partial charge on any atom is 0.261 e. The molecule has 0 heterocycles. The van der Waals surface area contributed by atoms with Gasteiger partial charge in [-0.15, -0.1) is 0 Å². The van der Waals surface area contributed by atoms with Crippen molar-refractivity contribution in [2.75, 3.05) is 5.32 Å². The zero-order valence-electron chi connectivity index (χ0n) is 13.4. The van der Waals surface area contributed by atoms with Crippen molar-refractivity contribution in [2.24, 2.45) is 0 Å². The normalized spacial score (nSPS) is 10.0. The molecule has 128 valence electrons. The molecular weight excluding hydrogens is 338 g/mol. The summed E-state index contributed by atoms with van der Waals surface area (Å²) < 4.78 is 32.9. The Balaban J connectivity index is 1.74. The van der Waals surface area contributed by atoms with Crippen LogP contribution in [0.5, 0.6) is 11.5 Å². The number of nitrogens with one attached hydrogen (secondary N) is 1. The summed E-state index contributed by atoms with van der Waals surface area (Å²) in [6.07, 6.45) is 0. The number of benzene rings is 3. The fourth-order valence-electron chi connectivity index (χ4n) is 2.29. The number of carbonyl (C=O) groups is 1. The van der Waals surface area contributed by atoms with Gasteiger partial charge in [-0.2, -0.15) is 5.26 Å². The molecule has 0 aliphatic heterocycles. The van der Waals surface area contributed by atoms with Gasteiger partial charge in [-0.1, -0.05) is 18.2 Å². The smallest absolute Gasteiger partial charge is 0.261 e. The number of ether oxygens (including phenoxy) is 1. The third kappa shape index (κ3) is 3.68. The van der Waals surface area contributed by atoms with E-state index < -0.39 is 23.1 Å². The van der Waals surface area contributed by atoms with Crippen molar-refractivity contribution in [1.82, 2.24) is 0 Å². The summed E-state index contributed by atoms with van der Waals surface area (Å²) in [5, 5.41) is 11.5. The average Bonchev–Trinajstić information content (AvgIpc) is 2.63. The summed E-state index contributed by atoms with van der Waals surface area (Å²) in [5.74, 6) is -1.90. The maximum absolute atomic E-state index is 13.6. The molecule has 26 heavy (non-hydrogen) atoms. The van der Waals surface area contributed by atoms with E-state index in [9.17, 15) is 13.6 Å². The predicted octanol–water partition coefficient (Wildman–Crippen LogP) is 4.88. The fourth-order valence-corrected chi connectivity index (χ4v) is 2.29. The number of nitrogens with zero attached hydrogens (tertiary/aromatic N) is 1. The molecule has 1 amide bonds. The monoisotopic (exact) mass is 350 g/mol. The second kappa shape index (κ2) is 7.45. The number of carbonyl (C=O) groups excluding carboxylic acids is 1. The summed E-state index contributed by atoms with van der Waals surface area (Å²) in [5.41, 5.74) is 0.0919. The van der Waals surface area contributed by atoms with E-state index in [1.807, 2.05) is 6.07 Å². The van der Waals surface area contributed by atoms with Gasteiger partial charge in [0.05, 0.1) is 5.56 Å². The molecule has 6 heteroatoms. The van der Waals surface area contributed by atoms with Crippen LogP contribution in [0.2, 0.25) is 0 Å². The highest BCUT2D eigenvalue weighted by Crippen LogP contribution is 2.26. The van der Waals surface area contributed by atoms with Gasteiger partial charge in [0.1, 0.15) is 34.8 Å². The van der Waals surface area contributed by atoms with Crippen LogP contribution in [0.3, 0.4) is 0 Å². The first-order valence-corrected chi connectivity index (χ1v) is 7.61. The number of nitriles is 1. The third-order valence-electron chi connectivity index (χ3n) is 3.54. The molecule has 4 nitrogen and oxygen atoms in total. The Kier molecular flexibility index (Phi) is 4.90. The minimum atomic E-state index is -0.935. The van der Waals surface area contributed by atoms with Gasteiger partial charge in [-0.3, -0.25) is 4.79 Å². The summed E-state index contributed by atoms with van der Waals surface area (Å²) in [4.78, 5) is 12.1. The van der Waals surface area contributed by atoms with Crippen LogP contribution < -0.4 is 10.1 Å². The topological polar surface area (TPSA) is 62.1 Å². The molecule has 0 atom stereocenters. The summed E-state index contributed by atoms with van der Waals surface area (Å²) in [6, 6.07) is 18.2. The standard InChI is InChI=1S/C20H12F2N2O2/c21-16-5-3-6-17(22)19(16)20(25)24-14-8-10-15(11-9-14)26-18-7-2-1-4-13(18)12-23/h1-11H,(H,24,25). The molecule has 0 spiro atoms. The van der Waals surface area contributed by atoms with Crippen LogP contribution >= 0.6 is 0 Å². The van der Waals surface area contributed by atoms with Crippen molar-refractivity contribution in [2.45, 2.75) is 0 Å². The number of para-hydroxylation sites is 1. The number of anilines is 1. The quantitative estimate of drug-likeness (QED) is 0.729. The first-order valence-electron chi connectivity index (χ1n) is 7.61. The van der Waals surface area contributed by atoms with Crippen LogP contribution in [0.25, 0.3) is 0 Å². The molecule has 1 N–H and O–H groups in total. The van der Waals surface area contributed by atoms with Crippen molar-refractivity contribution >= 4 is 11.6 Å². The number of rotatable bonds is 4. The lowest BCUT2D eigenvalue weighted by atomic mass is 10.1. The van der Waals surface area contributed by atoms with E-state index in [1.54, 1.807) is 36.4 Å². The van der Waals surface area contributed by atoms with Gasteiger partial charge < -0.3 is 10.1 Å². The molecule has 0 saturated carbocycles. The zero-order chi connectivity index (χ0) is 18.5. The highest BCUT2D eigenvalue weighted by molar-refractivity contribution is 6.04. The number of hydrogen-bond donors (Lipinski definition) is 1. The number of hydrogen-bond acceptors (Lipinski definition) is 3. The van der Waals surface area contributed by atoms with Crippen LogP contribution in [0.4, 0.5) is 14.5 Å². The molecule has 0 unspecified atom stereocenters. The zero-order valence-corrected chi connectivity index (χ0v) is 13.4. The minimum Gasteiger partial charge on any atom is -0.456 e. The first kappa shape index (κ1) is 17.1. The van der Waals surface area contributed by atoms with Crippen LogP contribution in [-0.4, -0.2) is 5.91 Å². The van der Waals surface area contributed by atoms with Crippen molar-refractivity contribution in [3.8, 4) is 17.6 Å². The van der Waals surface area contributed by atoms with Gasteiger partial charge >= 0.3 is 0 Å². The highest BCUT2D eigenvalue weighted by Gasteiger charge is 2.17. The van der Waals surface area contributed by atoms with E-state index >= 15 is 0 Å². The van der Waals surface area contributed by atoms with Gasteiger partial charge in [-0.05, 0) is 48.5 Å². The maximum atomic E-state index is 13.6. The van der Waals surface area contributed by atoms with Crippen molar-refractivity contribution in [1.29, 1.82) is 5.26 Å². The van der Waals surface area contributed by atoms with Crippen LogP contribution in [0.1, 0.15) is 15.9 Å². The lowest BCUT2D eigenvalue weighted by Crippen LogP contribution is -2.15. The summed E-state index contributed by atoms with van der Waals surface area (Å²) in [6.45, 7) is 0. The van der Waals surface area contributed by atoms with Gasteiger partial charge in [0.25, 0.3) is 5.91 Å². The van der Waals surface area contributed by atoms with Gasteiger partial charge in [0, 0.05) is 5.69 Å². The summed E-state index contributed by atoms with van der Waals surface area (Å²) >= 11 is 0. The van der Waals surface area contributed by atoms with Gasteiger partial charge in [0.2, 0.25) is 0 Å². The Morgan fingerprint density at radius 2 is 1.58 bits per heavy atom. The number of halogens is 2. The fraction of sp³-hybridized carbons (Fsp3) is 0. The number of amides is 1. The molecule has 0 saturated heterocycles. The van der Waals surface area contributed by atoms with E-state index in [1.165, 1.54) is 18.2 Å². The molecule has 0 aliphatic rings. The molecular formula is C20H12F2N2O2. The third-order valence-corrected chi connectivity index (χ3v) is 3.54. The van der Waals surface area contributed by atoms with E-state index in [0.717, 1.165) is 12.1 Å². The Morgan fingerprint density at radius 1 is 0.923 bits per heavy atom. The van der Waals surface area contributed by atoms with Crippen LogP contribution in [-0.2, 0) is 0 Å². The van der Waals surface area contributed by atoms with E-state index in [2.05, 4.69) is 5.32 Å². The Bertz CT molecular complexity index is 975. The summed E-state index contributed by atoms with van der Waals surface area (Å²) in [7, 11) is 0. The highest BCUT2D eigenvalue weighted by atomic mass is 19.1. The largest absolute Gasteiger partial charge is 0.456 e. The molecule has 3 aromatic carbocycles. The van der Waals surface area contributed by atoms with Gasteiger partial charge in [-0.25, -0.2) is 8.78 Å².